The maximum atomic E-state index is 14.7. The van der Waals surface area contributed by atoms with Crippen molar-refractivity contribution in [2.45, 2.75) is 11.8 Å². The van der Waals surface area contributed by atoms with Crippen molar-refractivity contribution in [1.82, 2.24) is 3.97 Å². The molecule has 7 nitrogen and oxygen atoms in total. The Morgan fingerprint density at radius 2 is 1.80 bits per heavy atom. The van der Waals surface area contributed by atoms with E-state index < -0.39 is 27.7 Å². The third kappa shape index (κ3) is 4.24. The molecule has 1 aliphatic heterocycles. The Balaban J connectivity index is 1.66. The molecule has 6 rings (SSSR count). The predicted molar refractivity (Wildman–Crippen MR) is 152 cm³/mol. The fourth-order valence-corrected chi connectivity index (χ4v) is 7.31. The fourth-order valence-electron chi connectivity index (χ4n) is 5.08. The number of halogens is 1. The van der Waals surface area contributed by atoms with E-state index in [1.807, 2.05) is 24.0 Å². The van der Waals surface area contributed by atoms with Crippen LogP contribution in [-0.4, -0.2) is 36.6 Å². The summed E-state index contributed by atoms with van der Waals surface area (Å²) in [7, 11) is -4.16. The van der Waals surface area contributed by atoms with Crippen molar-refractivity contribution in [2.75, 3.05) is 18.0 Å². The molecule has 1 aliphatic rings. The van der Waals surface area contributed by atoms with Gasteiger partial charge < -0.3 is 10.0 Å². The molecule has 0 unspecified atom stereocenters. The summed E-state index contributed by atoms with van der Waals surface area (Å²) in [6.07, 6.45) is 0. The molecule has 0 bridgehead atoms. The van der Waals surface area contributed by atoms with Gasteiger partial charge in [0.05, 0.1) is 22.0 Å². The number of nitrogens with zero attached hydrogens (tertiary/aromatic N) is 3. The third-order valence-corrected chi connectivity index (χ3v) is 9.72. The van der Waals surface area contributed by atoms with Crippen LogP contribution in [-0.2, 0) is 14.8 Å². The average molecular weight is 572 g/mol. The zero-order valence-corrected chi connectivity index (χ0v) is 22.8. The fraction of sp³-hybridized carbons (Fsp3) is 0.133. The first kappa shape index (κ1) is 25.8. The van der Waals surface area contributed by atoms with Gasteiger partial charge in [-0.15, -0.1) is 11.3 Å². The lowest BCUT2D eigenvalue weighted by Crippen LogP contribution is -2.50. The Labute approximate surface area is 234 Å². The molecule has 200 valence electrons. The first-order valence-electron chi connectivity index (χ1n) is 12.4. The molecule has 3 heterocycles. The van der Waals surface area contributed by atoms with Gasteiger partial charge in [0.1, 0.15) is 16.8 Å². The Kier molecular flexibility index (Phi) is 6.21. The highest BCUT2D eigenvalue weighted by atomic mass is 32.2. The predicted octanol–water partition coefficient (Wildman–Crippen LogP) is 6.11. The molecule has 0 spiro atoms. The molecule has 5 aromatic rings. The zero-order chi connectivity index (χ0) is 28.2. The summed E-state index contributed by atoms with van der Waals surface area (Å²) in [6.45, 7) is 2.56. The molecule has 2 aromatic heterocycles. The number of benzene rings is 3. The third-order valence-electron chi connectivity index (χ3n) is 7.16. The quantitative estimate of drug-likeness (QED) is 0.264. The summed E-state index contributed by atoms with van der Waals surface area (Å²) in [6, 6.07) is 21.6. The van der Waals surface area contributed by atoms with Crippen LogP contribution in [0.15, 0.2) is 83.1 Å². The van der Waals surface area contributed by atoms with E-state index in [0.717, 1.165) is 11.3 Å². The number of thiophene rings is 1. The first-order chi connectivity index (χ1) is 19.2. The molecular weight excluding hydrogens is 549 g/mol. The minimum atomic E-state index is -4.16. The summed E-state index contributed by atoms with van der Waals surface area (Å²) >= 11 is 1.22. The van der Waals surface area contributed by atoms with Crippen LogP contribution in [0.4, 0.5) is 10.1 Å². The summed E-state index contributed by atoms with van der Waals surface area (Å²) in [5.74, 6) is -1.84. The monoisotopic (exact) mass is 571 g/mol. The van der Waals surface area contributed by atoms with Crippen molar-refractivity contribution >= 4 is 43.9 Å². The minimum Gasteiger partial charge on any atom is -0.481 e. The van der Waals surface area contributed by atoms with Gasteiger partial charge in [0, 0.05) is 40.7 Å². The maximum Gasteiger partial charge on any atom is 0.310 e. The number of aromatic nitrogens is 1. The highest BCUT2D eigenvalue weighted by Crippen LogP contribution is 2.45. The molecule has 1 fully saturated rings. The van der Waals surface area contributed by atoms with E-state index in [2.05, 4.69) is 6.07 Å². The Morgan fingerprint density at radius 3 is 2.48 bits per heavy atom. The normalized spacial score (nSPS) is 13.8. The van der Waals surface area contributed by atoms with E-state index in [0.29, 0.717) is 51.3 Å². The SMILES string of the molecule is Cc1ccc(S(=O)(=O)n2c(-c3cccc(N4CC(C(=O)O)C4)c3)c(-c3csc(C#N)c3)c3cc(F)ccc32)cc1. The van der Waals surface area contributed by atoms with Crippen molar-refractivity contribution in [3.8, 4) is 28.5 Å². The van der Waals surface area contributed by atoms with E-state index >= 15 is 0 Å². The smallest absolute Gasteiger partial charge is 0.310 e. The molecule has 40 heavy (non-hydrogen) atoms. The number of nitriles is 1. The lowest BCUT2D eigenvalue weighted by atomic mass is 9.97. The molecule has 3 aromatic carbocycles. The molecule has 10 heteroatoms. The molecule has 0 amide bonds. The maximum absolute atomic E-state index is 14.7. The average Bonchev–Trinajstić information content (AvgIpc) is 3.50. The summed E-state index contributed by atoms with van der Waals surface area (Å²) in [5.41, 5.74) is 3.95. The Hall–Kier alpha value is -4.46. The van der Waals surface area contributed by atoms with Crippen LogP contribution < -0.4 is 4.90 Å². The van der Waals surface area contributed by atoms with Crippen molar-refractivity contribution in [1.29, 1.82) is 5.26 Å². The van der Waals surface area contributed by atoms with E-state index in [1.165, 1.54) is 33.5 Å². The number of hydrogen-bond donors (Lipinski definition) is 1. The van der Waals surface area contributed by atoms with Gasteiger partial charge in [-0.1, -0.05) is 29.8 Å². The highest BCUT2D eigenvalue weighted by molar-refractivity contribution is 7.90. The highest BCUT2D eigenvalue weighted by Gasteiger charge is 2.34. The standard InChI is InChI=1S/C30H22FN3O4S2/c1-18-5-8-25(9-6-18)40(37,38)34-27-10-7-22(31)13-26(27)28(20-12-24(14-32)39-17-20)29(34)19-3-2-4-23(11-19)33-15-21(16-33)30(35)36/h2-13,17,21H,15-16H2,1H3,(H,35,36). The number of carboxylic acid groups (broad SMARTS) is 1. The molecular formula is C30H22FN3O4S2. The van der Waals surface area contributed by atoms with Gasteiger partial charge in [0.2, 0.25) is 0 Å². The van der Waals surface area contributed by atoms with Crippen LogP contribution >= 0.6 is 11.3 Å². The largest absolute Gasteiger partial charge is 0.481 e. The van der Waals surface area contributed by atoms with Crippen LogP contribution in [0.25, 0.3) is 33.3 Å². The number of aryl methyl sites for hydroxylation is 1. The van der Waals surface area contributed by atoms with Crippen molar-refractivity contribution in [3.05, 3.63) is 94.4 Å². The molecule has 0 atom stereocenters. The second-order valence-corrected chi connectivity index (χ2v) is 12.5. The number of carbonyl (C=O) groups is 1. The molecule has 1 N–H and O–H groups in total. The van der Waals surface area contributed by atoms with Crippen molar-refractivity contribution in [2.24, 2.45) is 5.92 Å². The van der Waals surface area contributed by atoms with Gasteiger partial charge in [0.15, 0.2) is 0 Å². The topological polar surface area (TPSA) is 103 Å². The van der Waals surface area contributed by atoms with Crippen molar-refractivity contribution in [3.63, 3.8) is 0 Å². The Morgan fingerprint density at radius 1 is 1.05 bits per heavy atom. The number of anilines is 1. The van der Waals surface area contributed by atoms with Crippen LogP contribution in [0.3, 0.4) is 0 Å². The second-order valence-electron chi connectivity index (χ2n) is 9.77. The lowest BCUT2D eigenvalue weighted by molar-refractivity contribution is -0.142. The van der Waals surface area contributed by atoms with E-state index in [1.54, 1.807) is 47.8 Å². The second kappa shape index (κ2) is 9.62. The minimum absolute atomic E-state index is 0.0818. The number of carboxylic acids is 1. The van der Waals surface area contributed by atoms with E-state index in [9.17, 15) is 28.0 Å². The Bertz CT molecular complexity index is 1950. The number of hydrogen-bond acceptors (Lipinski definition) is 6. The van der Waals surface area contributed by atoms with E-state index in [-0.39, 0.29) is 4.90 Å². The molecule has 1 saturated heterocycles. The lowest BCUT2D eigenvalue weighted by Gasteiger charge is -2.38. The van der Waals surface area contributed by atoms with Crippen LogP contribution in [0.1, 0.15) is 10.4 Å². The van der Waals surface area contributed by atoms with Crippen LogP contribution in [0.2, 0.25) is 0 Å². The van der Waals surface area contributed by atoms with Crippen LogP contribution in [0.5, 0.6) is 0 Å². The van der Waals surface area contributed by atoms with Gasteiger partial charge in [-0.05, 0) is 61.0 Å². The van der Waals surface area contributed by atoms with Gasteiger partial charge >= 0.3 is 5.97 Å². The van der Waals surface area contributed by atoms with Gasteiger partial charge in [-0.3, -0.25) is 4.79 Å². The van der Waals surface area contributed by atoms with E-state index in [4.69, 9.17) is 0 Å². The number of fused-ring (bicyclic) bond motifs is 1. The molecule has 0 saturated carbocycles. The summed E-state index contributed by atoms with van der Waals surface area (Å²) in [4.78, 5) is 13.8. The molecule has 0 radical (unpaired) electrons. The van der Waals surface area contributed by atoms with Crippen molar-refractivity contribution < 1.29 is 22.7 Å². The van der Waals surface area contributed by atoms with Gasteiger partial charge in [-0.2, -0.15) is 5.26 Å². The zero-order valence-electron chi connectivity index (χ0n) is 21.2. The summed E-state index contributed by atoms with van der Waals surface area (Å²) < 4.78 is 44.5. The number of rotatable bonds is 6. The number of aliphatic carboxylic acids is 1. The first-order valence-corrected chi connectivity index (χ1v) is 14.7. The summed E-state index contributed by atoms with van der Waals surface area (Å²) in [5, 5.41) is 21.0. The van der Waals surface area contributed by atoms with Gasteiger partial charge in [0.25, 0.3) is 10.0 Å². The van der Waals surface area contributed by atoms with Gasteiger partial charge in [-0.25, -0.2) is 16.8 Å². The molecule has 0 aliphatic carbocycles. The van der Waals surface area contributed by atoms with Crippen LogP contribution in [0, 0.1) is 30.0 Å².